The highest BCUT2D eigenvalue weighted by Gasteiger charge is 2.06. The highest BCUT2D eigenvalue weighted by atomic mass is 16.5. The number of aromatic nitrogens is 1. The number of aromatic amines is 1. The fraction of sp³-hybridized carbons (Fsp3) is 0.471. The van der Waals surface area contributed by atoms with Crippen LogP contribution >= 0.6 is 0 Å². The number of methoxy groups -OCH3 is 1. The second-order valence-corrected chi connectivity index (χ2v) is 5.61. The van der Waals surface area contributed by atoms with Crippen molar-refractivity contribution < 1.29 is 4.74 Å². The zero-order chi connectivity index (χ0) is 15.9. The lowest BCUT2D eigenvalue weighted by Gasteiger charge is -2.17. The Hall–Kier alpha value is -2.01. The van der Waals surface area contributed by atoms with Gasteiger partial charge in [-0.1, -0.05) is 12.1 Å². The van der Waals surface area contributed by atoms with E-state index >= 15 is 0 Å². The van der Waals surface area contributed by atoms with E-state index in [0.29, 0.717) is 6.61 Å². The normalized spacial score (nSPS) is 13.4. The molecular formula is C17H26N4O. The first kappa shape index (κ1) is 16.4. The number of benzene rings is 1. The van der Waals surface area contributed by atoms with Crippen molar-refractivity contribution in [2.75, 3.05) is 27.3 Å². The van der Waals surface area contributed by atoms with E-state index in [1.165, 1.54) is 22.0 Å². The minimum Gasteiger partial charge on any atom is -0.383 e. The van der Waals surface area contributed by atoms with Crippen molar-refractivity contribution in [3.8, 4) is 0 Å². The molecular weight excluding hydrogens is 276 g/mol. The van der Waals surface area contributed by atoms with Crippen molar-refractivity contribution in [3.63, 3.8) is 0 Å². The van der Waals surface area contributed by atoms with Gasteiger partial charge in [-0.05, 0) is 37.5 Å². The maximum absolute atomic E-state index is 5.12. The number of nitrogens with one attached hydrogen (secondary N) is 3. The number of ether oxygens (including phenoxy) is 1. The number of fused-ring (bicyclic) bond motifs is 1. The third-order valence-electron chi connectivity index (χ3n) is 3.63. The maximum Gasteiger partial charge on any atom is 0.191 e. The van der Waals surface area contributed by atoms with Gasteiger partial charge >= 0.3 is 0 Å². The van der Waals surface area contributed by atoms with Crippen molar-refractivity contribution >= 4 is 16.9 Å². The number of aliphatic imine (C=N–C) groups is 1. The van der Waals surface area contributed by atoms with Gasteiger partial charge in [0.1, 0.15) is 0 Å². The predicted molar refractivity (Wildman–Crippen MR) is 92.6 cm³/mol. The van der Waals surface area contributed by atoms with Gasteiger partial charge in [-0.15, -0.1) is 0 Å². The van der Waals surface area contributed by atoms with E-state index in [0.717, 1.165) is 18.9 Å². The minimum atomic E-state index is 0.229. The Bertz CT molecular complexity index is 633. The summed E-state index contributed by atoms with van der Waals surface area (Å²) in [5.74, 6) is 0.806. The molecule has 0 bridgehead atoms. The largest absolute Gasteiger partial charge is 0.383 e. The van der Waals surface area contributed by atoms with Crippen molar-refractivity contribution in [2.45, 2.75) is 26.3 Å². The van der Waals surface area contributed by atoms with E-state index in [4.69, 9.17) is 4.74 Å². The van der Waals surface area contributed by atoms with Gasteiger partial charge in [0.2, 0.25) is 0 Å². The molecule has 0 aliphatic rings. The first-order chi connectivity index (χ1) is 10.6. The van der Waals surface area contributed by atoms with Gasteiger partial charge in [0.15, 0.2) is 5.96 Å². The van der Waals surface area contributed by atoms with E-state index in [-0.39, 0.29) is 6.04 Å². The SMILES string of the molecule is CN=C(NCCc1c[nH]c2cc(C)ccc12)NC(C)COC. The molecule has 1 heterocycles. The molecule has 1 unspecified atom stereocenters. The van der Waals surface area contributed by atoms with Crippen LogP contribution in [-0.2, 0) is 11.2 Å². The van der Waals surface area contributed by atoms with Crippen LogP contribution < -0.4 is 10.6 Å². The smallest absolute Gasteiger partial charge is 0.191 e. The molecule has 0 saturated heterocycles. The Balaban J connectivity index is 1.89. The van der Waals surface area contributed by atoms with Gasteiger partial charge in [0.25, 0.3) is 0 Å². The number of guanidine groups is 1. The van der Waals surface area contributed by atoms with Crippen LogP contribution in [0.5, 0.6) is 0 Å². The standard InChI is InChI=1S/C17H26N4O/c1-12-5-6-15-14(10-20-16(15)9-12)7-8-19-17(18-3)21-13(2)11-22-4/h5-6,9-10,13,20H,7-8,11H2,1-4H3,(H2,18,19,21). The zero-order valence-corrected chi connectivity index (χ0v) is 13.9. The fourth-order valence-electron chi connectivity index (χ4n) is 2.54. The molecule has 1 atom stereocenters. The molecule has 0 amide bonds. The molecule has 0 aliphatic heterocycles. The van der Waals surface area contributed by atoms with E-state index in [2.05, 4.69) is 58.9 Å². The van der Waals surface area contributed by atoms with Gasteiger partial charge < -0.3 is 20.4 Å². The maximum atomic E-state index is 5.12. The van der Waals surface area contributed by atoms with Crippen molar-refractivity contribution in [3.05, 3.63) is 35.5 Å². The Labute approximate surface area is 132 Å². The monoisotopic (exact) mass is 302 g/mol. The molecule has 0 spiro atoms. The molecule has 0 fully saturated rings. The van der Waals surface area contributed by atoms with Gasteiger partial charge in [0.05, 0.1) is 6.61 Å². The molecule has 120 valence electrons. The zero-order valence-electron chi connectivity index (χ0n) is 13.9. The van der Waals surface area contributed by atoms with Crippen LogP contribution in [0.15, 0.2) is 29.4 Å². The lowest BCUT2D eigenvalue weighted by molar-refractivity contribution is 0.179. The molecule has 22 heavy (non-hydrogen) atoms. The Morgan fingerprint density at radius 2 is 2.23 bits per heavy atom. The Morgan fingerprint density at radius 3 is 2.95 bits per heavy atom. The van der Waals surface area contributed by atoms with Gasteiger partial charge in [-0.2, -0.15) is 0 Å². The molecule has 1 aromatic carbocycles. The molecule has 5 heteroatoms. The van der Waals surface area contributed by atoms with Gasteiger partial charge in [-0.25, -0.2) is 0 Å². The average Bonchev–Trinajstić information content (AvgIpc) is 2.88. The number of aryl methyl sites for hydroxylation is 1. The molecule has 0 saturated carbocycles. The predicted octanol–water partition coefficient (Wildman–Crippen LogP) is 2.22. The van der Waals surface area contributed by atoms with E-state index in [1.807, 2.05) is 0 Å². The Kier molecular flexibility index (Phi) is 5.83. The molecule has 0 radical (unpaired) electrons. The lowest BCUT2D eigenvalue weighted by atomic mass is 10.1. The number of hydrogen-bond acceptors (Lipinski definition) is 2. The van der Waals surface area contributed by atoms with Crippen LogP contribution in [-0.4, -0.2) is 44.3 Å². The first-order valence-corrected chi connectivity index (χ1v) is 7.66. The summed E-state index contributed by atoms with van der Waals surface area (Å²) in [5.41, 5.74) is 3.80. The van der Waals surface area contributed by atoms with Crippen LogP contribution in [0.3, 0.4) is 0 Å². The Morgan fingerprint density at radius 1 is 1.41 bits per heavy atom. The molecule has 1 aromatic heterocycles. The summed E-state index contributed by atoms with van der Waals surface area (Å²) in [6, 6.07) is 6.75. The first-order valence-electron chi connectivity index (χ1n) is 7.66. The summed E-state index contributed by atoms with van der Waals surface area (Å²) in [7, 11) is 3.48. The lowest BCUT2D eigenvalue weighted by Crippen LogP contribution is -2.44. The third-order valence-corrected chi connectivity index (χ3v) is 3.63. The van der Waals surface area contributed by atoms with Gasteiger partial charge in [-0.3, -0.25) is 4.99 Å². The highest BCUT2D eigenvalue weighted by molar-refractivity contribution is 5.84. The summed E-state index contributed by atoms with van der Waals surface area (Å²) in [6.45, 7) is 5.67. The molecule has 5 nitrogen and oxygen atoms in total. The average molecular weight is 302 g/mol. The summed E-state index contributed by atoms with van der Waals surface area (Å²) >= 11 is 0. The van der Waals surface area contributed by atoms with Crippen LogP contribution in [0.2, 0.25) is 0 Å². The fourth-order valence-corrected chi connectivity index (χ4v) is 2.54. The van der Waals surface area contributed by atoms with E-state index in [1.54, 1.807) is 14.2 Å². The summed E-state index contributed by atoms with van der Waals surface area (Å²) in [5, 5.41) is 7.94. The molecule has 2 rings (SSSR count). The van der Waals surface area contributed by atoms with Gasteiger partial charge in [0, 0.05) is 43.8 Å². The second-order valence-electron chi connectivity index (χ2n) is 5.61. The van der Waals surface area contributed by atoms with Crippen molar-refractivity contribution in [2.24, 2.45) is 4.99 Å². The summed E-state index contributed by atoms with van der Waals surface area (Å²) in [4.78, 5) is 7.57. The third kappa shape index (κ3) is 4.24. The molecule has 2 aromatic rings. The van der Waals surface area contributed by atoms with Crippen molar-refractivity contribution in [1.29, 1.82) is 0 Å². The van der Waals surface area contributed by atoms with E-state index in [9.17, 15) is 0 Å². The topological polar surface area (TPSA) is 61.4 Å². The van der Waals surface area contributed by atoms with Crippen molar-refractivity contribution in [1.82, 2.24) is 15.6 Å². The number of nitrogens with zero attached hydrogens (tertiary/aromatic N) is 1. The molecule has 3 N–H and O–H groups in total. The van der Waals surface area contributed by atoms with Crippen LogP contribution in [0.1, 0.15) is 18.1 Å². The number of hydrogen-bond donors (Lipinski definition) is 3. The van der Waals surface area contributed by atoms with E-state index < -0.39 is 0 Å². The van der Waals surface area contributed by atoms with Crippen LogP contribution in [0.4, 0.5) is 0 Å². The van der Waals surface area contributed by atoms with Crippen LogP contribution in [0.25, 0.3) is 10.9 Å². The molecule has 0 aliphatic carbocycles. The summed E-state index contributed by atoms with van der Waals surface area (Å²) < 4.78 is 5.12. The minimum absolute atomic E-state index is 0.229. The number of rotatable bonds is 6. The second kappa shape index (κ2) is 7.84. The van der Waals surface area contributed by atoms with Crippen LogP contribution in [0, 0.1) is 6.92 Å². The highest BCUT2D eigenvalue weighted by Crippen LogP contribution is 2.19. The summed E-state index contributed by atoms with van der Waals surface area (Å²) in [6.07, 6.45) is 3.04. The number of H-pyrrole nitrogens is 1. The quantitative estimate of drug-likeness (QED) is 0.566.